The van der Waals surface area contributed by atoms with Crippen LogP contribution in [0.2, 0.25) is 0 Å². The monoisotopic (exact) mass is 438 g/mol. The Bertz CT molecular complexity index is 892. The van der Waals surface area contributed by atoms with Crippen molar-refractivity contribution in [3.8, 4) is 17.9 Å². The molecule has 0 spiro atoms. The summed E-state index contributed by atoms with van der Waals surface area (Å²) in [7, 11) is 1.60. The molecule has 0 aliphatic heterocycles. The van der Waals surface area contributed by atoms with Gasteiger partial charge in [0.25, 0.3) is 0 Å². The van der Waals surface area contributed by atoms with Gasteiger partial charge in [0, 0.05) is 11.3 Å². The topological polar surface area (TPSA) is 73.9 Å². The molecule has 0 N–H and O–H groups in total. The number of benzene rings is 1. The number of methoxy groups -OCH3 is 1. The van der Waals surface area contributed by atoms with Crippen molar-refractivity contribution in [1.29, 1.82) is 10.5 Å². The second-order valence-corrected chi connectivity index (χ2v) is 10.4. The van der Waals surface area contributed by atoms with Crippen LogP contribution in [-0.2, 0) is 4.79 Å². The van der Waals surface area contributed by atoms with Gasteiger partial charge in [0.2, 0.25) is 0 Å². The highest BCUT2D eigenvalue weighted by molar-refractivity contribution is 9.10. The minimum Gasteiger partial charge on any atom is -0.496 e. The zero-order valence-corrected chi connectivity index (χ0v) is 17.5. The lowest BCUT2D eigenvalue weighted by Crippen LogP contribution is -2.50. The Morgan fingerprint density at radius 3 is 2.14 bits per heavy atom. The first-order chi connectivity index (χ1) is 13.5. The van der Waals surface area contributed by atoms with Crippen molar-refractivity contribution in [3.63, 3.8) is 0 Å². The van der Waals surface area contributed by atoms with E-state index in [9.17, 15) is 15.3 Å². The van der Waals surface area contributed by atoms with E-state index >= 15 is 0 Å². The van der Waals surface area contributed by atoms with Gasteiger partial charge in [0.15, 0.2) is 5.41 Å². The number of nitriles is 2. The number of carbonyl (C=O) groups is 1. The lowest BCUT2D eigenvalue weighted by atomic mass is 9.48. The predicted octanol–water partition coefficient (Wildman–Crippen LogP) is 4.99. The molecule has 28 heavy (non-hydrogen) atoms. The highest BCUT2D eigenvalue weighted by Crippen LogP contribution is 2.70. The molecule has 2 atom stereocenters. The quantitative estimate of drug-likeness (QED) is 0.663. The minimum absolute atomic E-state index is 0.201. The van der Waals surface area contributed by atoms with E-state index in [0.29, 0.717) is 23.5 Å². The number of ketones is 1. The summed E-state index contributed by atoms with van der Waals surface area (Å²) in [4.78, 5) is 13.8. The van der Waals surface area contributed by atoms with Crippen LogP contribution in [0.4, 0.5) is 0 Å². The van der Waals surface area contributed by atoms with Crippen molar-refractivity contribution >= 4 is 21.7 Å². The molecule has 1 aromatic carbocycles. The summed E-state index contributed by atoms with van der Waals surface area (Å²) in [5.41, 5.74) is -0.635. The molecule has 5 aliphatic rings. The molecule has 0 radical (unpaired) electrons. The SMILES string of the molecule is COc1ccc([C@@H]2[C@@H](C(=O)C34CC5CC(CC(C5)C3)C4)C2(C#N)C#N)cc1Br. The van der Waals surface area contributed by atoms with Gasteiger partial charge >= 0.3 is 0 Å². The Morgan fingerprint density at radius 1 is 1.11 bits per heavy atom. The number of carbonyl (C=O) groups excluding carboxylic acids is 1. The number of rotatable bonds is 4. The van der Waals surface area contributed by atoms with E-state index in [0.717, 1.165) is 29.3 Å². The van der Waals surface area contributed by atoms with Crippen molar-refractivity contribution in [2.45, 2.75) is 44.4 Å². The van der Waals surface area contributed by atoms with Gasteiger partial charge < -0.3 is 4.74 Å². The molecule has 0 saturated heterocycles. The average molecular weight is 439 g/mol. The van der Waals surface area contributed by atoms with E-state index in [4.69, 9.17) is 4.74 Å². The Hall–Kier alpha value is -1.85. The van der Waals surface area contributed by atoms with Gasteiger partial charge in [0.05, 0.1) is 29.6 Å². The van der Waals surface area contributed by atoms with Crippen LogP contribution in [0.3, 0.4) is 0 Å². The summed E-state index contributed by atoms with van der Waals surface area (Å²) >= 11 is 3.50. The molecule has 4 bridgehead atoms. The van der Waals surface area contributed by atoms with Crippen LogP contribution in [0.1, 0.15) is 50.0 Å². The maximum absolute atomic E-state index is 13.8. The molecule has 0 amide bonds. The third-order valence-electron chi connectivity index (χ3n) is 7.95. The first-order valence-corrected chi connectivity index (χ1v) is 11.0. The number of ether oxygens (including phenoxy) is 1. The van der Waals surface area contributed by atoms with Crippen molar-refractivity contribution in [2.75, 3.05) is 7.11 Å². The number of Topliss-reactive ketones (excluding diaryl/α,β-unsaturated/α-hetero) is 1. The van der Waals surface area contributed by atoms with Crippen molar-refractivity contribution in [1.82, 2.24) is 0 Å². The normalized spacial score (nSPS) is 39.1. The van der Waals surface area contributed by atoms with Crippen LogP contribution in [0.5, 0.6) is 5.75 Å². The van der Waals surface area contributed by atoms with E-state index < -0.39 is 11.3 Å². The van der Waals surface area contributed by atoms with Crippen molar-refractivity contribution in [2.24, 2.45) is 34.5 Å². The lowest BCUT2D eigenvalue weighted by Gasteiger charge is -2.56. The zero-order valence-electron chi connectivity index (χ0n) is 16.0. The van der Waals surface area contributed by atoms with Crippen LogP contribution in [0.15, 0.2) is 22.7 Å². The molecule has 1 aromatic rings. The highest BCUT2D eigenvalue weighted by atomic mass is 79.9. The molecule has 0 aromatic heterocycles. The van der Waals surface area contributed by atoms with Crippen LogP contribution < -0.4 is 4.74 Å². The van der Waals surface area contributed by atoms with Crippen LogP contribution in [0, 0.1) is 57.2 Å². The smallest absolute Gasteiger partial charge is 0.161 e. The Morgan fingerprint density at radius 2 is 1.68 bits per heavy atom. The fraction of sp³-hybridized carbons (Fsp3) is 0.609. The Balaban J connectivity index is 1.50. The van der Waals surface area contributed by atoms with Gasteiger partial charge in [0.1, 0.15) is 11.5 Å². The summed E-state index contributed by atoms with van der Waals surface area (Å²) in [6.07, 6.45) is 6.73. The Kier molecular flexibility index (Phi) is 3.95. The van der Waals surface area contributed by atoms with E-state index in [1.165, 1.54) is 19.3 Å². The maximum Gasteiger partial charge on any atom is 0.161 e. The molecule has 5 fully saturated rings. The van der Waals surface area contributed by atoms with Crippen molar-refractivity contribution < 1.29 is 9.53 Å². The molecule has 5 heteroatoms. The van der Waals surface area contributed by atoms with Gasteiger partial charge in [-0.1, -0.05) is 6.07 Å². The second-order valence-electron chi connectivity index (χ2n) is 9.50. The lowest BCUT2D eigenvalue weighted by molar-refractivity contribution is -0.145. The van der Waals surface area contributed by atoms with E-state index in [-0.39, 0.29) is 17.1 Å². The highest BCUT2D eigenvalue weighted by Gasteiger charge is 2.73. The van der Waals surface area contributed by atoms with E-state index in [1.54, 1.807) is 7.11 Å². The molecule has 144 valence electrons. The van der Waals surface area contributed by atoms with E-state index in [2.05, 4.69) is 28.1 Å². The van der Waals surface area contributed by atoms with Crippen molar-refractivity contribution in [3.05, 3.63) is 28.2 Å². The molecule has 0 unspecified atom stereocenters. The number of hydrogen-bond donors (Lipinski definition) is 0. The first-order valence-electron chi connectivity index (χ1n) is 10.2. The molecule has 5 saturated carbocycles. The average Bonchev–Trinajstić information content (AvgIpc) is 3.35. The fourth-order valence-electron chi connectivity index (χ4n) is 7.12. The van der Waals surface area contributed by atoms with Gasteiger partial charge in [-0.05, 0) is 89.9 Å². The van der Waals surface area contributed by atoms with Gasteiger partial charge in [-0.15, -0.1) is 0 Å². The fourth-order valence-corrected chi connectivity index (χ4v) is 7.68. The minimum atomic E-state index is -1.23. The third kappa shape index (κ3) is 2.35. The summed E-state index contributed by atoms with van der Waals surface area (Å²) in [5.74, 6) is 2.06. The van der Waals surface area contributed by atoms with E-state index in [1.807, 2.05) is 18.2 Å². The molecule has 4 nitrogen and oxygen atoms in total. The zero-order chi connectivity index (χ0) is 19.7. The molecule has 0 heterocycles. The van der Waals surface area contributed by atoms with Crippen LogP contribution in [-0.4, -0.2) is 12.9 Å². The summed E-state index contributed by atoms with van der Waals surface area (Å²) < 4.78 is 6.08. The number of hydrogen-bond acceptors (Lipinski definition) is 4. The largest absolute Gasteiger partial charge is 0.496 e. The summed E-state index contributed by atoms with van der Waals surface area (Å²) in [6.45, 7) is 0. The number of halogens is 1. The second kappa shape index (κ2) is 6.07. The third-order valence-corrected chi connectivity index (χ3v) is 8.57. The number of nitrogens with zero attached hydrogens (tertiary/aromatic N) is 2. The van der Waals surface area contributed by atoms with Gasteiger partial charge in [-0.2, -0.15) is 10.5 Å². The van der Waals surface area contributed by atoms with Gasteiger partial charge in [-0.25, -0.2) is 0 Å². The molecule has 6 rings (SSSR count). The molecular formula is C23H23BrN2O2. The predicted molar refractivity (Wildman–Crippen MR) is 106 cm³/mol. The van der Waals surface area contributed by atoms with Crippen LogP contribution in [0.25, 0.3) is 0 Å². The summed E-state index contributed by atoms with van der Waals surface area (Å²) in [6, 6.07) is 10.1. The standard InChI is InChI=1S/C23H23BrN2O2/c1-28-18-3-2-16(7-17(18)24)19-20(23(19,11-25)12-26)21(27)22-8-13-4-14(9-22)6-15(5-13)10-22/h2-3,7,13-15,19-20H,4-6,8-10H2,1H3/t13?,14?,15?,19-,20+,22?/m1/s1. The molecule has 5 aliphatic carbocycles. The maximum atomic E-state index is 13.8. The first kappa shape index (κ1) is 18.2. The van der Waals surface area contributed by atoms with Crippen LogP contribution >= 0.6 is 15.9 Å². The molecular weight excluding hydrogens is 416 g/mol. The Labute approximate surface area is 174 Å². The summed E-state index contributed by atoms with van der Waals surface area (Å²) in [5, 5.41) is 19.8. The van der Waals surface area contributed by atoms with Gasteiger partial charge in [-0.3, -0.25) is 4.79 Å².